The highest BCUT2D eigenvalue weighted by molar-refractivity contribution is 5.99. The van der Waals surface area contributed by atoms with Crippen molar-refractivity contribution in [2.75, 3.05) is 6.61 Å². The topological polar surface area (TPSA) is 58.4 Å². The molecule has 1 aliphatic heterocycles. The number of rotatable bonds is 4. The first-order chi connectivity index (χ1) is 15.2. The van der Waals surface area contributed by atoms with Crippen molar-refractivity contribution in [3.05, 3.63) is 28.9 Å². The molecule has 1 N–H and O–H groups in total. The number of aromatic nitrogens is 2. The summed E-state index contributed by atoms with van der Waals surface area (Å²) in [6.07, 6.45) is 15.2. The molecule has 1 unspecified atom stereocenters. The van der Waals surface area contributed by atoms with E-state index in [0.29, 0.717) is 0 Å². The van der Waals surface area contributed by atoms with Crippen molar-refractivity contribution in [3.8, 4) is 0 Å². The van der Waals surface area contributed by atoms with E-state index in [1.807, 2.05) is 27.0 Å². The molecule has 1 fully saturated rings. The fraction of sp³-hybridized carbons (Fsp3) is 0.750. The zero-order chi connectivity index (χ0) is 24.6. The number of aliphatic hydroxyl groups is 1. The lowest BCUT2D eigenvalue weighted by atomic mass is 9.87. The first-order valence-electron chi connectivity index (χ1n) is 12.9. The molecule has 0 radical (unpaired) electrons. The van der Waals surface area contributed by atoms with E-state index in [9.17, 15) is 5.11 Å². The molecule has 0 saturated heterocycles. The van der Waals surface area contributed by atoms with Crippen LogP contribution in [0.15, 0.2) is 16.8 Å². The molecule has 32 heavy (non-hydrogen) atoms. The van der Waals surface area contributed by atoms with Gasteiger partial charge >= 0.3 is 0 Å². The van der Waals surface area contributed by atoms with E-state index in [2.05, 4.69) is 57.6 Å². The van der Waals surface area contributed by atoms with Crippen LogP contribution in [0.1, 0.15) is 130 Å². The summed E-state index contributed by atoms with van der Waals surface area (Å²) in [7, 11) is 0. The third kappa shape index (κ3) is 13.1. The van der Waals surface area contributed by atoms with Gasteiger partial charge in [-0.05, 0) is 44.6 Å². The number of hydrogen-bond donors (Lipinski definition) is 1. The average Bonchev–Trinajstić information content (AvgIpc) is 3.66. The van der Waals surface area contributed by atoms with Gasteiger partial charge in [0, 0.05) is 0 Å². The van der Waals surface area contributed by atoms with E-state index in [1.165, 1.54) is 37.7 Å². The molecular weight excluding hydrogens is 394 g/mol. The van der Waals surface area contributed by atoms with Gasteiger partial charge in [0.05, 0.1) is 35.9 Å². The Morgan fingerprint density at radius 1 is 1.06 bits per heavy atom. The van der Waals surface area contributed by atoms with Gasteiger partial charge in [0.2, 0.25) is 0 Å². The van der Waals surface area contributed by atoms with Crippen LogP contribution >= 0.6 is 0 Å². The number of aliphatic imine (C=N–C) groups is 1. The highest BCUT2D eigenvalue weighted by Gasteiger charge is 2.17. The fourth-order valence-corrected chi connectivity index (χ4v) is 2.54. The second kappa shape index (κ2) is 17.0. The number of hydrogen-bond acceptors (Lipinski definition) is 4. The summed E-state index contributed by atoms with van der Waals surface area (Å²) in [6.45, 7) is 19.2. The van der Waals surface area contributed by atoms with Crippen LogP contribution in [0.5, 0.6) is 0 Å². The van der Waals surface area contributed by atoms with Crippen LogP contribution in [0, 0.1) is 12.3 Å². The van der Waals surface area contributed by atoms with Crippen molar-refractivity contribution in [1.82, 2.24) is 9.97 Å². The molecule has 0 amide bonds. The Hall–Kier alpha value is -1.55. The lowest BCUT2D eigenvalue weighted by Gasteiger charge is -2.19. The van der Waals surface area contributed by atoms with Gasteiger partial charge in [-0.15, -0.1) is 0 Å². The van der Waals surface area contributed by atoms with Crippen LogP contribution in [-0.4, -0.2) is 33.4 Å². The third-order valence-electron chi connectivity index (χ3n) is 5.42. The van der Waals surface area contributed by atoms with Crippen molar-refractivity contribution in [1.29, 1.82) is 0 Å². The SMILES string of the molecule is C/C(=C\c1ncc(C2=NC(CO)CCCC2)nc1C)C(C)(C)C.C1CC1.CC.CCCC. The summed E-state index contributed by atoms with van der Waals surface area (Å²) in [4.78, 5) is 14.0. The van der Waals surface area contributed by atoms with Crippen molar-refractivity contribution < 1.29 is 5.11 Å². The van der Waals surface area contributed by atoms with Gasteiger partial charge < -0.3 is 5.11 Å². The van der Waals surface area contributed by atoms with Gasteiger partial charge in [-0.2, -0.15) is 0 Å². The summed E-state index contributed by atoms with van der Waals surface area (Å²) in [5.41, 5.74) is 5.11. The van der Waals surface area contributed by atoms with Crippen molar-refractivity contribution in [2.24, 2.45) is 10.4 Å². The number of unbranched alkanes of at least 4 members (excludes halogenated alkanes) is 1. The van der Waals surface area contributed by atoms with Gasteiger partial charge in [0.25, 0.3) is 0 Å². The minimum atomic E-state index is 0.0114. The van der Waals surface area contributed by atoms with Gasteiger partial charge in [-0.1, -0.05) is 92.6 Å². The van der Waals surface area contributed by atoms with E-state index in [-0.39, 0.29) is 18.1 Å². The molecule has 1 aliphatic carbocycles. The van der Waals surface area contributed by atoms with Gasteiger partial charge in [-0.25, -0.2) is 4.98 Å². The normalized spacial score (nSPS) is 17.9. The van der Waals surface area contributed by atoms with Crippen LogP contribution in [-0.2, 0) is 0 Å². The van der Waals surface area contributed by atoms with Crippen LogP contribution in [0.25, 0.3) is 6.08 Å². The summed E-state index contributed by atoms with van der Waals surface area (Å²) in [5.74, 6) is 0. The van der Waals surface area contributed by atoms with E-state index in [4.69, 9.17) is 4.98 Å². The molecule has 0 spiro atoms. The third-order valence-corrected chi connectivity index (χ3v) is 5.42. The van der Waals surface area contributed by atoms with Crippen molar-refractivity contribution in [3.63, 3.8) is 0 Å². The number of aliphatic hydroxyl groups excluding tert-OH is 1. The summed E-state index contributed by atoms with van der Waals surface area (Å²) in [5, 5.41) is 9.40. The Morgan fingerprint density at radius 3 is 2.09 bits per heavy atom. The Morgan fingerprint density at radius 2 is 1.66 bits per heavy atom. The van der Waals surface area contributed by atoms with Gasteiger partial charge in [-0.3, -0.25) is 9.98 Å². The Bertz CT molecular complexity index is 680. The van der Waals surface area contributed by atoms with Crippen molar-refractivity contribution in [2.45, 2.75) is 126 Å². The predicted molar refractivity (Wildman–Crippen MR) is 142 cm³/mol. The Labute approximate surface area is 199 Å². The molecule has 3 rings (SSSR count). The zero-order valence-corrected chi connectivity index (χ0v) is 22.6. The molecule has 4 nitrogen and oxygen atoms in total. The fourth-order valence-electron chi connectivity index (χ4n) is 2.54. The molecule has 1 atom stereocenters. The van der Waals surface area contributed by atoms with E-state index in [0.717, 1.165) is 48.5 Å². The quantitative estimate of drug-likeness (QED) is 0.511. The van der Waals surface area contributed by atoms with E-state index < -0.39 is 0 Å². The Kier molecular flexibility index (Phi) is 16.2. The lowest BCUT2D eigenvalue weighted by Crippen LogP contribution is -2.13. The highest BCUT2D eigenvalue weighted by atomic mass is 16.3. The predicted octanol–water partition coefficient (Wildman–Crippen LogP) is 7.96. The van der Waals surface area contributed by atoms with E-state index >= 15 is 0 Å². The molecule has 1 aromatic heterocycles. The highest BCUT2D eigenvalue weighted by Crippen LogP contribution is 2.26. The summed E-state index contributed by atoms with van der Waals surface area (Å²) in [6, 6.07) is 0.0114. The average molecular weight is 446 g/mol. The molecule has 1 aromatic rings. The lowest BCUT2D eigenvalue weighted by molar-refractivity contribution is 0.260. The maximum Gasteiger partial charge on any atom is 0.103 e. The monoisotopic (exact) mass is 445 g/mol. The molecule has 0 aromatic carbocycles. The standard InChI is InChI=1S/C19H29N3O.C4H10.C3H6.C2H6/c1-13(19(3,4)5)10-17-14(2)21-18(11-20-17)16-9-7-6-8-15(12-23)22-16;1-3-4-2;1-2-3-1;1-2/h10-11,15,23H,6-9,12H2,1-5H3;3-4H2,1-2H3;1-3H2;1-2H3/b13-10+;;;. The molecular formula is C28H51N3O. The maximum atomic E-state index is 9.40. The number of nitrogens with zero attached hydrogens (tertiary/aromatic N) is 3. The molecule has 4 heteroatoms. The molecule has 2 heterocycles. The molecule has 184 valence electrons. The van der Waals surface area contributed by atoms with Crippen LogP contribution in [0.4, 0.5) is 0 Å². The second-order valence-corrected chi connectivity index (χ2v) is 9.52. The van der Waals surface area contributed by atoms with Gasteiger partial charge in [0.1, 0.15) is 5.69 Å². The second-order valence-electron chi connectivity index (χ2n) is 9.52. The maximum absolute atomic E-state index is 9.40. The van der Waals surface area contributed by atoms with Crippen LogP contribution < -0.4 is 0 Å². The number of allylic oxidation sites excluding steroid dienone is 1. The smallest absolute Gasteiger partial charge is 0.103 e. The van der Waals surface area contributed by atoms with Crippen LogP contribution in [0.3, 0.4) is 0 Å². The minimum absolute atomic E-state index is 0.0114. The molecule has 0 bridgehead atoms. The largest absolute Gasteiger partial charge is 0.394 e. The summed E-state index contributed by atoms with van der Waals surface area (Å²) >= 11 is 0. The number of aryl methyl sites for hydroxylation is 1. The first kappa shape index (κ1) is 30.4. The Balaban J connectivity index is 0.000000902. The van der Waals surface area contributed by atoms with Crippen LogP contribution in [0.2, 0.25) is 0 Å². The molecule has 1 saturated carbocycles. The molecule has 2 aliphatic rings. The van der Waals surface area contributed by atoms with Gasteiger partial charge in [0.15, 0.2) is 0 Å². The minimum Gasteiger partial charge on any atom is -0.394 e. The van der Waals surface area contributed by atoms with E-state index in [1.54, 1.807) is 0 Å². The zero-order valence-electron chi connectivity index (χ0n) is 22.6. The summed E-state index contributed by atoms with van der Waals surface area (Å²) < 4.78 is 0. The van der Waals surface area contributed by atoms with Crippen molar-refractivity contribution >= 4 is 11.8 Å². The first-order valence-corrected chi connectivity index (χ1v) is 12.9.